The van der Waals surface area contributed by atoms with Crippen molar-refractivity contribution in [1.82, 2.24) is 9.97 Å². The fourth-order valence-corrected chi connectivity index (χ4v) is 1.93. The molecule has 0 N–H and O–H groups in total. The van der Waals surface area contributed by atoms with Gasteiger partial charge in [0.05, 0.1) is 10.6 Å². The molecule has 0 aliphatic rings. The minimum absolute atomic E-state index is 0.217. The highest BCUT2D eigenvalue weighted by atomic mass is 35.5. The molecule has 0 amide bonds. The molecule has 0 saturated carbocycles. The fraction of sp³-hybridized carbons (Fsp3) is 0. The topological polar surface area (TPSA) is 49.6 Å². The Balaban J connectivity index is 2.45. The summed E-state index contributed by atoms with van der Waals surface area (Å²) in [6, 6.07) is 7.45. The summed E-state index contributed by atoms with van der Waals surface area (Å²) < 4.78 is 0. The Morgan fingerprint density at radius 2 is 2.21 bits per heavy atom. The van der Waals surface area contributed by atoms with Crippen LogP contribution >= 0.6 is 22.9 Å². The van der Waals surface area contributed by atoms with E-state index < -0.39 is 0 Å². The third kappa shape index (κ3) is 1.74. The van der Waals surface area contributed by atoms with Crippen molar-refractivity contribution >= 4 is 22.9 Å². The van der Waals surface area contributed by atoms with Crippen LogP contribution in [0.5, 0.6) is 0 Å². The highest BCUT2D eigenvalue weighted by Gasteiger charge is 2.04. The fourth-order valence-electron chi connectivity index (χ4n) is 1.01. The molecule has 0 bridgehead atoms. The highest BCUT2D eigenvalue weighted by Crippen LogP contribution is 2.26. The van der Waals surface area contributed by atoms with Crippen LogP contribution in [-0.4, -0.2) is 9.97 Å². The van der Waals surface area contributed by atoms with Crippen molar-refractivity contribution < 1.29 is 0 Å². The lowest BCUT2D eigenvalue weighted by molar-refractivity contribution is 1.18. The van der Waals surface area contributed by atoms with E-state index in [0.717, 1.165) is 10.6 Å². The van der Waals surface area contributed by atoms with Gasteiger partial charge in [0, 0.05) is 6.20 Å². The molecule has 0 saturated heterocycles. The van der Waals surface area contributed by atoms with Crippen LogP contribution in [0, 0.1) is 11.3 Å². The van der Waals surface area contributed by atoms with Crippen molar-refractivity contribution in [1.29, 1.82) is 5.26 Å². The average molecular weight is 222 g/mol. The number of nitrogens with zero attached hydrogens (tertiary/aromatic N) is 3. The van der Waals surface area contributed by atoms with E-state index in [0.29, 0.717) is 4.88 Å². The van der Waals surface area contributed by atoms with Gasteiger partial charge in [-0.15, -0.1) is 11.3 Å². The SMILES string of the molecule is N#Cc1ccc(-c2ccnc(Cl)n2)s1. The van der Waals surface area contributed by atoms with Crippen LogP contribution in [0.1, 0.15) is 4.88 Å². The number of rotatable bonds is 1. The second-order valence-corrected chi connectivity index (χ2v) is 3.91. The minimum Gasteiger partial charge on any atom is -0.226 e. The lowest BCUT2D eigenvalue weighted by Crippen LogP contribution is -1.83. The quantitative estimate of drug-likeness (QED) is 0.696. The van der Waals surface area contributed by atoms with Gasteiger partial charge in [-0.3, -0.25) is 0 Å². The Hall–Kier alpha value is -1.44. The zero-order chi connectivity index (χ0) is 9.97. The average Bonchev–Trinajstić information content (AvgIpc) is 2.66. The van der Waals surface area contributed by atoms with Crippen LogP contribution in [0.3, 0.4) is 0 Å². The predicted molar refractivity (Wildman–Crippen MR) is 55.1 cm³/mol. The van der Waals surface area contributed by atoms with Crippen LogP contribution in [0.4, 0.5) is 0 Å². The predicted octanol–water partition coefficient (Wildman–Crippen LogP) is 2.73. The summed E-state index contributed by atoms with van der Waals surface area (Å²) in [7, 11) is 0. The Morgan fingerprint density at radius 1 is 1.36 bits per heavy atom. The van der Waals surface area contributed by atoms with Crippen molar-refractivity contribution in [2.45, 2.75) is 0 Å². The minimum atomic E-state index is 0.217. The van der Waals surface area contributed by atoms with Gasteiger partial charge in [0.1, 0.15) is 10.9 Å². The van der Waals surface area contributed by atoms with Gasteiger partial charge in [0.25, 0.3) is 0 Å². The van der Waals surface area contributed by atoms with Crippen molar-refractivity contribution in [3.05, 3.63) is 34.6 Å². The summed E-state index contributed by atoms with van der Waals surface area (Å²) >= 11 is 7.04. The molecule has 2 aromatic rings. The Morgan fingerprint density at radius 3 is 2.86 bits per heavy atom. The molecule has 0 aliphatic carbocycles. The molecule has 0 aromatic carbocycles. The Kier molecular flexibility index (Phi) is 2.44. The van der Waals surface area contributed by atoms with Crippen molar-refractivity contribution in [2.75, 3.05) is 0 Å². The first-order valence-corrected chi connectivity index (χ1v) is 4.98. The Labute approximate surface area is 89.6 Å². The van der Waals surface area contributed by atoms with Crippen LogP contribution in [0.2, 0.25) is 5.28 Å². The highest BCUT2D eigenvalue weighted by molar-refractivity contribution is 7.15. The van der Waals surface area contributed by atoms with Crippen molar-refractivity contribution in [2.24, 2.45) is 0 Å². The van der Waals surface area contributed by atoms with Crippen molar-refractivity contribution in [3.63, 3.8) is 0 Å². The first-order chi connectivity index (χ1) is 6.79. The molecule has 0 radical (unpaired) electrons. The second kappa shape index (κ2) is 3.74. The molecule has 68 valence electrons. The molecule has 0 atom stereocenters. The molecule has 2 aromatic heterocycles. The standard InChI is InChI=1S/C9H4ClN3S/c10-9-12-4-3-7(13-9)8-2-1-6(5-11)14-8/h1-4H. The number of hydrogen-bond acceptors (Lipinski definition) is 4. The molecule has 14 heavy (non-hydrogen) atoms. The molecule has 5 heteroatoms. The number of halogens is 1. The van der Waals surface area contributed by atoms with Gasteiger partial charge in [-0.05, 0) is 29.8 Å². The van der Waals surface area contributed by atoms with E-state index >= 15 is 0 Å². The van der Waals surface area contributed by atoms with Gasteiger partial charge in [-0.1, -0.05) is 0 Å². The lowest BCUT2D eigenvalue weighted by Gasteiger charge is -1.94. The monoisotopic (exact) mass is 221 g/mol. The van der Waals surface area contributed by atoms with Gasteiger partial charge in [0.2, 0.25) is 5.28 Å². The number of nitriles is 1. The maximum Gasteiger partial charge on any atom is 0.222 e. The normalized spacial score (nSPS) is 9.71. The van der Waals surface area contributed by atoms with Gasteiger partial charge in [-0.2, -0.15) is 5.26 Å². The zero-order valence-electron chi connectivity index (χ0n) is 6.94. The molecule has 2 rings (SSSR count). The summed E-state index contributed by atoms with van der Waals surface area (Å²) in [6.07, 6.45) is 1.59. The lowest BCUT2D eigenvalue weighted by atomic mass is 10.3. The number of hydrogen-bond donors (Lipinski definition) is 0. The van der Waals surface area contributed by atoms with Crippen LogP contribution in [-0.2, 0) is 0 Å². The third-order valence-corrected chi connectivity index (χ3v) is 2.79. The van der Waals surface area contributed by atoms with E-state index in [2.05, 4.69) is 16.0 Å². The third-order valence-electron chi connectivity index (χ3n) is 1.59. The maximum atomic E-state index is 8.65. The Bertz CT molecular complexity index is 501. The van der Waals surface area contributed by atoms with Gasteiger partial charge in [-0.25, -0.2) is 9.97 Å². The first kappa shape index (κ1) is 9.13. The second-order valence-electron chi connectivity index (χ2n) is 2.49. The summed E-state index contributed by atoms with van der Waals surface area (Å²) in [4.78, 5) is 9.42. The summed E-state index contributed by atoms with van der Waals surface area (Å²) in [5.41, 5.74) is 0.747. The molecule has 2 heterocycles. The van der Waals surface area contributed by atoms with Gasteiger partial charge >= 0.3 is 0 Å². The molecule has 3 nitrogen and oxygen atoms in total. The molecular formula is C9H4ClN3S. The molecule has 0 spiro atoms. The van der Waals surface area contributed by atoms with Gasteiger partial charge in [0.15, 0.2) is 0 Å². The molecule has 0 fully saturated rings. The van der Waals surface area contributed by atoms with Crippen molar-refractivity contribution in [3.8, 4) is 16.6 Å². The molecule has 0 aliphatic heterocycles. The van der Waals surface area contributed by atoms with E-state index in [9.17, 15) is 0 Å². The van der Waals surface area contributed by atoms with E-state index in [1.807, 2.05) is 6.07 Å². The van der Waals surface area contributed by atoms with Crippen LogP contribution in [0.25, 0.3) is 10.6 Å². The summed E-state index contributed by atoms with van der Waals surface area (Å²) in [5.74, 6) is 0. The summed E-state index contributed by atoms with van der Waals surface area (Å²) in [6.45, 7) is 0. The smallest absolute Gasteiger partial charge is 0.222 e. The zero-order valence-corrected chi connectivity index (χ0v) is 8.51. The number of aromatic nitrogens is 2. The van der Waals surface area contributed by atoms with E-state index in [-0.39, 0.29) is 5.28 Å². The van der Waals surface area contributed by atoms with Crippen LogP contribution in [0.15, 0.2) is 24.4 Å². The molecule has 0 unspecified atom stereocenters. The summed E-state index contributed by atoms with van der Waals surface area (Å²) in [5, 5.41) is 8.87. The largest absolute Gasteiger partial charge is 0.226 e. The van der Waals surface area contributed by atoms with Crippen LogP contribution < -0.4 is 0 Å². The van der Waals surface area contributed by atoms with Gasteiger partial charge < -0.3 is 0 Å². The first-order valence-electron chi connectivity index (χ1n) is 3.78. The van der Waals surface area contributed by atoms with E-state index in [4.69, 9.17) is 16.9 Å². The van der Waals surface area contributed by atoms with E-state index in [1.165, 1.54) is 11.3 Å². The van der Waals surface area contributed by atoms with E-state index in [1.54, 1.807) is 18.3 Å². The number of thiophene rings is 1. The molecular weight excluding hydrogens is 218 g/mol. The maximum absolute atomic E-state index is 8.65.